The van der Waals surface area contributed by atoms with Crippen LogP contribution in [0.5, 0.6) is 5.75 Å². The number of rotatable bonds is 4. The fourth-order valence-electron chi connectivity index (χ4n) is 2.62. The van der Waals surface area contributed by atoms with Gasteiger partial charge < -0.3 is 15.0 Å². The van der Waals surface area contributed by atoms with Gasteiger partial charge in [0.05, 0.1) is 12.7 Å². The molecule has 1 heterocycles. The molecule has 9 heteroatoms. The first-order chi connectivity index (χ1) is 11.2. The molecule has 0 unspecified atom stereocenters. The summed E-state index contributed by atoms with van der Waals surface area (Å²) in [5.41, 5.74) is 0.122. The topological polar surface area (TPSA) is 79.0 Å². The molecule has 2 rings (SSSR count). The first-order valence-corrected chi connectivity index (χ1v) is 9.33. The summed E-state index contributed by atoms with van der Waals surface area (Å²) in [6.07, 6.45) is 0. The van der Waals surface area contributed by atoms with Crippen LogP contribution in [0.3, 0.4) is 0 Å². The van der Waals surface area contributed by atoms with E-state index in [2.05, 4.69) is 5.32 Å². The average Bonchev–Trinajstić information content (AvgIpc) is 2.53. The number of methoxy groups -OCH3 is 1. The van der Waals surface area contributed by atoms with Gasteiger partial charge in [-0.3, -0.25) is 4.79 Å². The van der Waals surface area contributed by atoms with Gasteiger partial charge in [0, 0.05) is 44.8 Å². The maximum Gasteiger partial charge on any atom is 0.257 e. The van der Waals surface area contributed by atoms with E-state index in [1.165, 1.54) is 28.4 Å². The highest BCUT2D eigenvalue weighted by Gasteiger charge is 2.33. The Morgan fingerprint density at radius 1 is 1.42 bits per heavy atom. The first-order valence-electron chi connectivity index (χ1n) is 7.51. The molecular formula is C15H22ClN3O4S. The molecule has 1 aliphatic rings. The molecule has 1 aliphatic heterocycles. The smallest absolute Gasteiger partial charge is 0.257 e. The number of sulfonamides is 1. The lowest BCUT2D eigenvalue weighted by molar-refractivity contribution is 0.0823. The summed E-state index contributed by atoms with van der Waals surface area (Å²) in [6.45, 7) is 3.17. The van der Waals surface area contributed by atoms with Crippen LogP contribution >= 0.6 is 11.6 Å². The van der Waals surface area contributed by atoms with Crippen molar-refractivity contribution in [3.05, 3.63) is 22.7 Å². The normalized spacial score (nSPS) is 19.1. The van der Waals surface area contributed by atoms with Crippen molar-refractivity contribution in [2.45, 2.75) is 17.9 Å². The number of halogens is 1. The highest BCUT2D eigenvalue weighted by Crippen LogP contribution is 2.34. The highest BCUT2D eigenvalue weighted by atomic mass is 35.5. The zero-order chi connectivity index (χ0) is 18.1. The minimum atomic E-state index is -3.83. The van der Waals surface area contributed by atoms with Crippen molar-refractivity contribution < 1.29 is 17.9 Å². The van der Waals surface area contributed by atoms with Crippen LogP contribution in [0.25, 0.3) is 0 Å². The molecule has 134 valence electrons. The Balaban J connectivity index is 2.58. The molecule has 1 aromatic rings. The van der Waals surface area contributed by atoms with Crippen molar-refractivity contribution in [2.75, 3.05) is 40.8 Å². The number of carbonyl (C=O) groups excluding carboxylic acids is 1. The lowest BCUT2D eigenvalue weighted by atomic mass is 10.2. The maximum absolute atomic E-state index is 13.0. The van der Waals surface area contributed by atoms with E-state index in [1.807, 2.05) is 6.92 Å². The third-order valence-corrected chi connectivity index (χ3v) is 5.90. The molecule has 1 aromatic carbocycles. The fourth-order valence-corrected chi connectivity index (χ4v) is 4.64. The van der Waals surface area contributed by atoms with Gasteiger partial charge in [0.1, 0.15) is 4.90 Å². The Hall–Kier alpha value is -1.35. The quantitative estimate of drug-likeness (QED) is 0.850. The van der Waals surface area contributed by atoms with Crippen molar-refractivity contribution in [2.24, 2.45) is 0 Å². The number of amides is 1. The number of nitrogens with one attached hydrogen (secondary N) is 1. The minimum Gasteiger partial charge on any atom is -0.494 e. The number of hydrogen-bond donors (Lipinski definition) is 1. The molecular weight excluding hydrogens is 354 g/mol. The second-order valence-corrected chi connectivity index (χ2v) is 8.25. The molecule has 7 nitrogen and oxygen atoms in total. The summed E-state index contributed by atoms with van der Waals surface area (Å²) in [6, 6.07) is 2.79. The molecule has 1 N–H and O–H groups in total. The van der Waals surface area contributed by atoms with Crippen LogP contribution in [0, 0.1) is 0 Å². The molecule has 24 heavy (non-hydrogen) atoms. The van der Waals surface area contributed by atoms with Crippen LogP contribution in [0.4, 0.5) is 0 Å². The van der Waals surface area contributed by atoms with E-state index in [0.717, 1.165) is 0 Å². The monoisotopic (exact) mass is 375 g/mol. The average molecular weight is 376 g/mol. The van der Waals surface area contributed by atoms with Crippen molar-refractivity contribution in [1.29, 1.82) is 0 Å². The van der Waals surface area contributed by atoms with Gasteiger partial charge in [-0.1, -0.05) is 11.6 Å². The molecule has 1 fully saturated rings. The summed E-state index contributed by atoms with van der Waals surface area (Å²) in [5, 5.41) is 3.37. The first kappa shape index (κ1) is 19.0. The third kappa shape index (κ3) is 3.66. The molecule has 0 bridgehead atoms. The summed E-state index contributed by atoms with van der Waals surface area (Å²) >= 11 is 6.08. The number of carbonyl (C=O) groups is 1. The predicted octanol–water partition coefficient (Wildman–Crippen LogP) is 1.03. The Morgan fingerprint density at radius 2 is 2.08 bits per heavy atom. The molecule has 0 saturated carbocycles. The van der Waals surface area contributed by atoms with Crippen LogP contribution in [0.15, 0.2) is 17.0 Å². The number of ether oxygens (including phenoxy) is 1. The number of piperazine rings is 1. The second kappa shape index (κ2) is 7.26. The maximum atomic E-state index is 13.0. The molecule has 1 saturated heterocycles. The summed E-state index contributed by atoms with van der Waals surface area (Å²) in [7, 11) is 0.670. The van der Waals surface area contributed by atoms with E-state index < -0.39 is 10.0 Å². The van der Waals surface area contributed by atoms with E-state index in [0.29, 0.717) is 19.6 Å². The van der Waals surface area contributed by atoms with Crippen LogP contribution in [-0.2, 0) is 10.0 Å². The lowest BCUT2D eigenvalue weighted by Gasteiger charge is -2.31. The van der Waals surface area contributed by atoms with Gasteiger partial charge in [-0.25, -0.2) is 8.42 Å². The van der Waals surface area contributed by atoms with Crippen LogP contribution in [-0.4, -0.2) is 70.4 Å². The Kier molecular flexibility index (Phi) is 5.74. The van der Waals surface area contributed by atoms with Gasteiger partial charge in [-0.15, -0.1) is 0 Å². The standard InChI is InChI=1S/C15H22ClN3O4S/c1-10-9-19(6-5-17-10)24(21,22)13-8-11(16)7-12(14(13)23-4)15(20)18(2)3/h7-8,10,17H,5-6,9H2,1-4H3/t10-/m1/s1. The number of benzene rings is 1. The number of hydrogen-bond acceptors (Lipinski definition) is 5. The fraction of sp³-hybridized carbons (Fsp3) is 0.533. The van der Waals surface area contributed by atoms with Crippen molar-refractivity contribution in [3.8, 4) is 5.75 Å². The zero-order valence-electron chi connectivity index (χ0n) is 14.2. The van der Waals surface area contributed by atoms with E-state index in [4.69, 9.17) is 16.3 Å². The lowest BCUT2D eigenvalue weighted by Crippen LogP contribution is -2.51. The molecule has 0 spiro atoms. The van der Waals surface area contributed by atoms with E-state index >= 15 is 0 Å². The Bertz CT molecular complexity index is 736. The molecule has 1 atom stereocenters. The van der Waals surface area contributed by atoms with E-state index in [1.54, 1.807) is 14.1 Å². The van der Waals surface area contributed by atoms with Gasteiger partial charge in [0.25, 0.3) is 5.91 Å². The SMILES string of the molecule is COc1c(C(=O)N(C)C)cc(Cl)cc1S(=O)(=O)N1CCN[C@H](C)C1. The van der Waals surface area contributed by atoms with Gasteiger partial charge in [0.2, 0.25) is 10.0 Å². The zero-order valence-corrected chi connectivity index (χ0v) is 15.7. The van der Waals surface area contributed by atoms with E-state index in [9.17, 15) is 13.2 Å². The Labute approximate surface area is 147 Å². The Morgan fingerprint density at radius 3 is 2.62 bits per heavy atom. The molecule has 0 radical (unpaired) electrons. The third-order valence-electron chi connectivity index (χ3n) is 3.81. The second-order valence-electron chi connectivity index (χ2n) is 5.90. The van der Waals surface area contributed by atoms with Crippen LogP contribution in [0.2, 0.25) is 5.02 Å². The van der Waals surface area contributed by atoms with Gasteiger partial charge in [-0.05, 0) is 19.1 Å². The van der Waals surface area contributed by atoms with Crippen molar-refractivity contribution >= 4 is 27.5 Å². The minimum absolute atomic E-state index is 0.0179. The summed E-state index contributed by atoms with van der Waals surface area (Å²) in [5.74, 6) is -0.358. The largest absolute Gasteiger partial charge is 0.494 e. The molecule has 0 aliphatic carbocycles. The number of nitrogens with zero attached hydrogens (tertiary/aromatic N) is 2. The molecule has 1 amide bonds. The van der Waals surface area contributed by atoms with Crippen molar-refractivity contribution in [3.63, 3.8) is 0 Å². The van der Waals surface area contributed by atoms with Crippen LogP contribution in [0.1, 0.15) is 17.3 Å². The molecule has 0 aromatic heterocycles. The van der Waals surface area contributed by atoms with E-state index in [-0.39, 0.29) is 33.2 Å². The van der Waals surface area contributed by atoms with Gasteiger partial charge in [0.15, 0.2) is 5.75 Å². The predicted molar refractivity (Wildman–Crippen MR) is 92.2 cm³/mol. The highest BCUT2D eigenvalue weighted by molar-refractivity contribution is 7.89. The summed E-state index contributed by atoms with van der Waals surface area (Å²) < 4.78 is 32.7. The van der Waals surface area contributed by atoms with Crippen molar-refractivity contribution in [1.82, 2.24) is 14.5 Å². The van der Waals surface area contributed by atoms with Gasteiger partial charge in [-0.2, -0.15) is 4.31 Å². The van der Waals surface area contributed by atoms with Crippen LogP contribution < -0.4 is 10.1 Å². The summed E-state index contributed by atoms with van der Waals surface area (Å²) in [4.78, 5) is 13.6. The van der Waals surface area contributed by atoms with Gasteiger partial charge >= 0.3 is 0 Å².